The second-order valence-corrected chi connectivity index (χ2v) is 8.89. The largest absolute Gasteiger partial charge is 0.391 e. The van der Waals surface area contributed by atoms with Crippen molar-refractivity contribution in [1.82, 2.24) is 19.0 Å². The van der Waals surface area contributed by atoms with Crippen LogP contribution in [0.2, 0.25) is 0 Å². The normalized spacial score (nSPS) is 21.9. The number of hydrogen-bond donors (Lipinski definition) is 1. The molecule has 3 rings (SSSR count). The minimum Gasteiger partial charge on any atom is -0.391 e. The van der Waals surface area contributed by atoms with Crippen molar-refractivity contribution in [2.45, 2.75) is 12.6 Å². The molecule has 2 aromatic rings. The van der Waals surface area contributed by atoms with E-state index in [-0.39, 0.29) is 11.7 Å². The van der Waals surface area contributed by atoms with E-state index in [0.717, 1.165) is 11.3 Å². The molecule has 8 heteroatoms. The maximum atomic E-state index is 12.1. The summed E-state index contributed by atoms with van der Waals surface area (Å²) < 4.78 is 27.2. The zero-order chi connectivity index (χ0) is 18.0. The summed E-state index contributed by atoms with van der Waals surface area (Å²) >= 11 is 0. The number of aliphatic hydroxyl groups excluding tert-OH is 1. The van der Waals surface area contributed by atoms with E-state index in [0.29, 0.717) is 19.6 Å². The van der Waals surface area contributed by atoms with E-state index in [1.54, 1.807) is 6.20 Å². The molecule has 1 saturated heterocycles. The summed E-state index contributed by atoms with van der Waals surface area (Å²) in [5, 5.41) is 14.6. The van der Waals surface area contributed by atoms with Crippen molar-refractivity contribution in [1.29, 1.82) is 0 Å². The molecule has 1 N–H and O–H groups in total. The van der Waals surface area contributed by atoms with Gasteiger partial charge in [0.25, 0.3) is 0 Å². The van der Waals surface area contributed by atoms with Crippen LogP contribution in [0.5, 0.6) is 0 Å². The molecule has 1 aromatic carbocycles. The van der Waals surface area contributed by atoms with E-state index < -0.39 is 16.1 Å². The Labute approximate surface area is 148 Å². The first-order valence-electron chi connectivity index (χ1n) is 8.25. The molecular formula is C17H24N4O3S. The summed E-state index contributed by atoms with van der Waals surface area (Å²) in [6, 6.07) is 9.85. The number of β-amino-alcohol motifs (C(OH)–C–C–N with tert-alkyl or cyclic N) is 1. The monoisotopic (exact) mass is 364 g/mol. The summed E-state index contributed by atoms with van der Waals surface area (Å²) in [7, 11) is -0.277. The van der Waals surface area contributed by atoms with E-state index in [2.05, 4.69) is 10.00 Å². The second-order valence-electron chi connectivity index (χ2n) is 6.66. The lowest BCUT2D eigenvalue weighted by atomic mass is 10.1. The fraction of sp³-hybridized carbons (Fsp3) is 0.471. The van der Waals surface area contributed by atoms with E-state index in [9.17, 15) is 13.5 Å². The molecule has 1 aliphatic rings. The topological polar surface area (TPSA) is 78.7 Å². The lowest BCUT2D eigenvalue weighted by Gasteiger charge is -2.19. The Hall–Kier alpha value is -1.74. The third-order valence-electron chi connectivity index (χ3n) is 4.60. The molecule has 0 spiro atoms. The predicted octanol–water partition coefficient (Wildman–Crippen LogP) is 0.556. The van der Waals surface area contributed by atoms with Crippen molar-refractivity contribution < 1.29 is 13.5 Å². The fourth-order valence-electron chi connectivity index (χ4n) is 3.17. The molecule has 0 radical (unpaired) electrons. The van der Waals surface area contributed by atoms with Crippen LogP contribution in [0.25, 0.3) is 5.69 Å². The first-order chi connectivity index (χ1) is 11.9. The van der Waals surface area contributed by atoms with Gasteiger partial charge in [-0.25, -0.2) is 17.4 Å². The molecule has 1 fully saturated rings. The van der Waals surface area contributed by atoms with Crippen LogP contribution in [0, 0.1) is 5.92 Å². The Morgan fingerprint density at radius 3 is 2.68 bits per heavy atom. The van der Waals surface area contributed by atoms with Gasteiger partial charge in [0.15, 0.2) is 0 Å². The van der Waals surface area contributed by atoms with Crippen molar-refractivity contribution in [2.75, 3.05) is 32.9 Å². The highest BCUT2D eigenvalue weighted by molar-refractivity contribution is 7.89. The molecule has 0 saturated carbocycles. The van der Waals surface area contributed by atoms with Crippen LogP contribution in [0.3, 0.4) is 0 Å². The van der Waals surface area contributed by atoms with Crippen LogP contribution in [-0.4, -0.2) is 71.6 Å². The zero-order valence-corrected chi connectivity index (χ0v) is 15.3. The third kappa shape index (κ3) is 4.09. The average Bonchev–Trinajstić information content (AvgIpc) is 3.18. The highest BCUT2D eigenvalue weighted by Gasteiger charge is 2.35. The molecule has 0 unspecified atom stereocenters. The van der Waals surface area contributed by atoms with Crippen LogP contribution in [0.15, 0.2) is 42.7 Å². The number of likely N-dealkylation sites (tertiary alicyclic amines) is 1. The number of rotatable bonds is 6. The Bertz CT molecular complexity index is 805. The second kappa shape index (κ2) is 7.25. The summed E-state index contributed by atoms with van der Waals surface area (Å²) in [4.78, 5) is 2.10. The average molecular weight is 364 g/mol. The fourth-order valence-corrected chi connectivity index (χ4v) is 4.34. The minimum atomic E-state index is -3.32. The Balaban J connectivity index is 1.72. The van der Waals surface area contributed by atoms with Crippen molar-refractivity contribution in [3.8, 4) is 5.69 Å². The maximum Gasteiger partial charge on any atom is 0.214 e. The van der Waals surface area contributed by atoms with E-state index in [4.69, 9.17) is 0 Å². The van der Waals surface area contributed by atoms with E-state index in [1.807, 2.05) is 41.2 Å². The van der Waals surface area contributed by atoms with Gasteiger partial charge >= 0.3 is 0 Å². The predicted molar refractivity (Wildman–Crippen MR) is 95.8 cm³/mol. The summed E-state index contributed by atoms with van der Waals surface area (Å²) in [6.45, 7) is 1.67. The highest BCUT2D eigenvalue weighted by Crippen LogP contribution is 2.23. The van der Waals surface area contributed by atoms with Crippen LogP contribution in [0.4, 0.5) is 0 Å². The Morgan fingerprint density at radius 1 is 1.24 bits per heavy atom. The standard InChI is InChI=1S/C17H24N4O3S/c1-19(2)25(23,24)13-15-11-20(12-17(15)22)10-14-6-3-4-7-16(14)21-9-5-8-18-21/h3-9,15,17,22H,10-13H2,1-2H3/t15-,17+/m0/s1. The molecule has 0 aliphatic carbocycles. The molecule has 0 amide bonds. The highest BCUT2D eigenvalue weighted by atomic mass is 32.2. The van der Waals surface area contributed by atoms with Crippen molar-refractivity contribution >= 4 is 10.0 Å². The summed E-state index contributed by atoms with van der Waals surface area (Å²) in [5.74, 6) is -0.303. The first-order valence-corrected chi connectivity index (χ1v) is 9.86. The van der Waals surface area contributed by atoms with Crippen LogP contribution in [-0.2, 0) is 16.6 Å². The van der Waals surface area contributed by atoms with Gasteiger partial charge in [0.2, 0.25) is 10.0 Å². The Morgan fingerprint density at radius 2 is 2.00 bits per heavy atom. The lowest BCUT2D eigenvalue weighted by molar-refractivity contribution is 0.148. The number of aliphatic hydroxyl groups is 1. The Kier molecular flexibility index (Phi) is 5.24. The first kappa shape index (κ1) is 18.1. The number of aromatic nitrogens is 2. The number of para-hydroxylation sites is 1. The van der Waals surface area contributed by atoms with Crippen molar-refractivity contribution in [3.63, 3.8) is 0 Å². The van der Waals surface area contributed by atoms with Crippen LogP contribution < -0.4 is 0 Å². The molecular weight excluding hydrogens is 340 g/mol. The van der Waals surface area contributed by atoms with Crippen molar-refractivity contribution in [3.05, 3.63) is 48.3 Å². The van der Waals surface area contributed by atoms with E-state index >= 15 is 0 Å². The van der Waals surface area contributed by atoms with Gasteiger partial charge in [-0.3, -0.25) is 4.90 Å². The van der Waals surface area contributed by atoms with Gasteiger partial charge in [0.05, 0.1) is 17.5 Å². The quantitative estimate of drug-likeness (QED) is 0.810. The molecule has 25 heavy (non-hydrogen) atoms. The van der Waals surface area contributed by atoms with Gasteiger partial charge in [0.1, 0.15) is 0 Å². The number of hydrogen-bond acceptors (Lipinski definition) is 5. The summed E-state index contributed by atoms with van der Waals surface area (Å²) in [5.41, 5.74) is 2.08. The van der Waals surface area contributed by atoms with Gasteiger partial charge < -0.3 is 5.11 Å². The smallest absolute Gasteiger partial charge is 0.214 e. The number of sulfonamides is 1. The SMILES string of the molecule is CN(C)S(=O)(=O)C[C@@H]1CN(Cc2ccccc2-n2cccn2)C[C@H]1O. The van der Waals surface area contributed by atoms with Crippen molar-refractivity contribution in [2.24, 2.45) is 5.92 Å². The van der Waals surface area contributed by atoms with E-state index in [1.165, 1.54) is 18.4 Å². The van der Waals surface area contributed by atoms with Gasteiger partial charge in [0, 0.05) is 52.0 Å². The van der Waals surface area contributed by atoms with Gasteiger partial charge in [-0.15, -0.1) is 0 Å². The minimum absolute atomic E-state index is 0.0293. The van der Waals surface area contributed by atoms with Gasteiger partial charge in [-0.2, -0.15) is 5.10 Å². The molecule has 2 heterocycles. The molecule has 2 atom stereocenters. The van der Waals surface area contributed by atoms with Gasteiger partial charge in [-0.1, -0.05) is 18.2 Å². The van der Waals surface area contributed by atoms with Crippen LogP contribution >= 0.6 is 0 Å². The van der Waals surface area contributed by atoms with Crippen LogP contribution in [0.1, 0.15) is 5.56 Å². The number of benzene rings is 1. The zero-order valence-electron chi connectivity index (χ0n) is 14.5. The molecule has 136 valence electrons. The molecule has 0 bridgehead atoms. The third-order valence-corrected chi connectivity index (χ3v) is 6.56. The number of nitrogens with zero attached hydrogens (tertiary/aromatic N) is 4. The molecule has 7 nitrogen and oxygen atoms in total. The molecule has 1 aromatic heterocycles. The molecule has 1 aliphatic heterocycles. The summed E-state index contributed by atoms with van der Waals surface area (Å²) in [6.07, 6.45) is 2.99. The lowest BCUT2D eigenvalue weighted by Crippen LogP contribution is -2.33. The maximum absolute atomic E-state index is 12.1. The van der Waals surface area contributed by atoms with Gasteiger partial charge in [-0.05, 0) is 17.7 Å².